The molecule has 0 radical (unpaired) electrons. The highest BCUT2D eigenvalue weighted by Crippen LogP contribution is 2.30. The summed E-state index contributed by atoms with van der Waals surface area (Å²) in [6.45, 7) is 3.31. The van der Waals surface area contributed by atoms with Crippen LogP contribution in [-0.4, -0.2) is 34.8 Å². The second-order valence-electron chi connectivity index (χ2n) is 7.30. The van der Waals surface area contributed by atoms with Gasteiger partial charge in [0.2, 0.25) is 0 Å². The molecule has 0 bridgehead atoms. The summed E-state index contributed by atoms with van der Waals surface area (Å²) in [6.07, 6.45) is 1.09. The van der Waals surface area contributed by atoms with Gasteiger partial charge in [0.25, 0.3) is 0 Å². The van der Waals surface area contributed by atoms with Gasteiger partial charge in [0.05, 0.1) is 10.6 Å². The molecule has 3 aromatic rings. The lowest BCUT2D eigenvalue weighted by atomic mass is 10.1. The van der Waals surface area contributed by atoms with Gasteiger partial charge >= 0.3 is 6.03 Å². The van der Waals surface area contributed by atoms with Crippen LogP contribution >= 0.6 is 11.3 Å². The maximum atomic E-state index is 13.1. The number of carbonyl (C=O) groups excluding carboxylic acids is 2. The lowest BCUT2D eigenvalue weighted by molar-refractivity contribution is 0.0986. The van der Waals surface area contributed by atoms with Crippen molar-refractivity contribution in [3.05, 3.63) is 82.1 Å². The number of thiazole rings is 1. The van der Waals surface area contributed by atoms with E-state index in [1.807, 2.05) is 37.3 Å². The summed E-state index contributed by atoms with van der Waals surface area (Å²) >= 11 is 1.28. The van der Waals surface area contributed by atoms with Crippen LogP contribution in [0.1, 0.15) is 32.9 Å². The molecule has 30 heavy (non-hydrogen) atoms. The highest BCUT2D eigenvalue weighted by molar-refractivity contribution is 7.17. The molecule has 1 fully saturated rings. The van der Waals surface area contributed by atoms with Gasteiger partial charge in [0, 0.05) is 26.1 Å². The number of nitrogens with zero attached hydrogens (tertiary/aromatic N) is 3. The zero-order valence-corrected chi connectivity index (χ0v) is 17.5. The van der Waals surface area contributed by atoms with E-state index in [2.05, 4.69) is 4.98 Å². The predicted molar refractivity (Wildman–Crippen MR) is 115 cm³/mol. The zero-order chi connectivity index (χ0) is 21.1. The number of aryl methyl sites for hydroxylation is 2. The van der Waals surface area contributed by atoms with Crippen LogP contribution in [0.15, 0.2) is 54.6 Å². The van der Waals surface area contributed by atoms with E-state index in [-0.39, 0.29) is 17.6 Å². The minimum Gasteiger partial charge on any atom is -0.318 e. The second-order valence-corrected chi connectivity index (χ2v) is 8.28. The van der Waals surface area contributed by atoms with Gasteiger partial charge in [0.15, 0.2) is 10.9 Å². The van der Waals surface area contributed by atoms with Crippen molar-refractivity contribution in [1.82, 2.24) is 9.88 Å². The first-order chi connectivity index (χ1) is 14.5. The van der Waals surface area contributed by atoms with E-state index in [0.29, 0.717) is 48.2 Å². The van der Waals surface area contributed by atoms with Gasteiger partial charge in [-0.2, -0.15) is 0 Å². The van der Waals surface area contributed by atoms with E-state index in [1.165, 1.54) is 23.5 Å². The Morgan fingerprint density at radius 1 is 1.07 bits per heavy atom. The Bertz CT molecular complexity index is 1050. The van der Waals surface area contributed by atoms with E-state index in [9.17, 15) is 14.0 Å². The van der Waals surface area contributed by atoms with Crippen molar-refractivity contribution in [2.45, 2.75) is 26.3 Å². The van der Waals surface area contributed by atoms with E-state index in [0.717, 1.165) is 11.1 Å². The molecule has 0 unspecified atom stereocenters. The van der Waals surface area contributed by atoms with Gasteiger partial charge in [-0.25, -0.2) is 14.2 Å². The average molecular weight is 424 g/mol. The van der Waals surface area contributed by atoms with Crippen LogP contribution in [0.4, 0.5) is 14.3 Å². The summed E-state index contributed by atoms with van der Waals surface area (Å²) < 4.78 is 13.1. The molecule has 7 heteroatoms. The number of carbonyl (C=O) groups is 2. The highest BCUT2D eigenvalue weighted by Gasteiger charge is 2.32. The molecule has 0 aliphatic carbocycles. The lowest BCUT2D eigenvalue weighted by Gasteiger charge is -2.16. The minimum absolute atomic E-state index is 0.0508. The number of urea groups is 1. The fourth-order valence-corrected chi connectivity index (χ4v) is 4.54. The molecule has 1 saturated heterocycles. The van der Waals surface area contributed by atoms with Crippen LogP contribution in [0, 0.1) is 12.7 Å². The van der Waals surface area contributed by atoms with Crippen LogP contribution in [0.2, 0.25) is 0 Å². The molecule has 0 atom stereocenters. The SMILES string of the molecule is Cc1nc(N2CCN(Cc3ccc(F)cc3)C2=O)sc1C(=O)CCc1ccccc1. The molecular formula is C23H22FN3O2S. The second kappa shape index (κ2) is 8.75. The summed E-state index contributed by atoms with van der Waals surface area (Å²) in [5, 5.41) is 0.558. The molecule has 0 spiro atoms. The number of ketones is 1. The summed E-state index contributed by atoms with van der Waals surface area (Å²) in [5.74, 6) is -0.245. The molecular weight excluding hydrogens is 401 g/mol. The Labute approximate surface area is 178 Å². The number of hydrogen-bond acceptors (Lipinski definition) is 4. The topological polar surface area (TPSA) is 53.5 Å². The summed E-state index contributed by atoms with van der Waals surface area (Å²) in [4.78, 5) is 34.0. The lowest BCUT2D eigenvalue weighted by Crippen LogP contribution is -2.31. The van der Waals surface area contributed by atoms with E-state index >= 15 is 0 Å². The average Bonchev–Trinajstić information content (AvgIpc) is 3.31. The Kier molecular flexibility index (Phi) is 5.90. The number of Topliss-reactive ketones (excluding diaryl/α,β-unsaturated/α-hetero) is 1. The Balaban J connectivity index is 1.41. The van der Waals surface area contributed by atoms with Crippen molar-refractivity contribution in [3.8, 4) is 0 Å². The Morgan fingerprint density at radius 3 is 2.53 bits per heavy atom. The minimum atomic E-state index is -0.296. The molecule has 0 N–H and O–H groups in total. The van der Waals surface area contributed by atoms with Crippen molar-refractivity contribution in [2.75, 3.05) is 18.0 Å². The monoisotopic (exact) mass is 423 g/mol. The maximum absolute atomic E-state index is 13.1. The zero-order valence-electron chi connectivity index (χ0n) is 16.7. The summed E-state index contributed by atoms with van der Waals surface area (Å²) in [5.41, 5.74) is 2.66. The van der Waals surface area contributed by atoms with Crippen molar-refractivity contribution in [3.63, 3.8) is 0 Å². The van der Waals surface area contributed by atoms with Gasteiger partial charge in [-0.05, 0) is 36.6 Å². The molecule has 2 heterocycles. The quantitative estimate of drug-likeness (QED) is 0.511. The fourth-order valence-electron chi connectivity index (χ4n) is 3.49. The summed E-state index contributed by atoms with van der Waals surface area (Å²) in [7, 11) is 0. The van der Waals surface area contributed by atoms with E-state index in [4.69, 9.17) is 0 Å². The van der Waals surface area contributed by atoms with E-state index in [1.54, 1.807) is 21.9 Å². The Morgan fingerprint density at radius 2 is 1.80 bits per heavy atom. The van der Waals surface area contributed by atoms with Gasteiger partial charge in [-0.3, -0.25) is 9.69 Å². The highest BCUT2D eigenvalue weighted by atomic mass is 32.1. The number of rotatable bonds is 7. The molecule has 2 aromatic carbocycles. The third-order valence-electron chi connectivity index (χ3n) is 5.13. The predicted octanol–water partition coefficient (Wildman–Crippen LogP) is 4.85. The number of amides is 2. The van der Waals surface area contributed by atoms with Gasteiger partial charge < -0.3 is 4.90 Å². The number of halogens is 1. The normalized spacial score (nSPS) is 13.9. The van der Waals surface area contributed by atoms with Gasteiger partial charge in [0.1, 0.15) is 5.82 Å². The smallest absolute Gasteiger partial charge is 0.318 e. The first-order valence-corrected chi connectivity index (χ1v) is 10.7. The molecule has 154 valence electrons. The van der Waals surface area contributed by atoms with Crippen LogP contribution in [0.25, 0.3) is 0 Å². The number of benzene rings is 2. The summed E-state index contributed by atoms with van der Waals surface area (Å²) in [6, 6.07) is 15.9. The number of anilines is 1. The van der Waals surface area contributed by atoms with Crippen LogP contribution in [0.5, 0.6) is 0 Å². The third-order valence-corrected chi connectivity index (χ3v) is 6.36. The van der Waals surface area contributed by atoms with Crippen LogP contribution < -0.4 is 4.90 Å². The molecule has 1 aliphatic heterocycles. The Hall–Kier alpha value is -3.06. The third kappa shape index (κ3) is 4.41. The largest absolute Gasteiger partial charge is 0.326 e. The van der Waals surface area contributed by atoms with Gasteiger partial charge in [-0.1, -0.05) is 53.8 Å². The molecule has 1 aliphatic rings. The van der Waals surface area contributed by atoms with Crippen LogP contribution in [-0.2, 0) is 13.0 Å². The standard InChI is InChI=1S/C23H22FN3O2S/c1-16-21(20(28)12-9-17-5-3-2-4-6-17)30-22(25-16)27-14-13-26(23(27)29)15-18-7-10-19(24)11-8-18/h2-8,10-11H,9,12-15H2,1H3. The van der Waals surface area contributed by atoms with Gasteiger partial charge in [-0.15, -0.1) is 0 Å². The van der Waals surface area contributed by atoms with Crippen LogP contribution in [0.3, 0.4) is 0 Å². The van der Waals surface area contributed by atoms with Crippen molar-refractivity contribution in [1.29, 1.82) is 0 Å². The number of aromatic nitrogens is 1. The van der Waals surface area contributed by atoms with Crippen molar-refractivity contribution >= 4 is 28.3 Å². The molecule has 0 saturated carbocycles. The molecule has 5 nitrogen and oxygen atoms in total. The molecule has 1 aromatic heterocycles. The van der Waals surface area contributed by atoms with Crippen molar-refractivity contribution in [2.24, 2.45) is 0 Å². The molecule has 2 amide bonds. The van der Waals surface area contributed by atoms with Crippen molar-refractivity contribution < 1.29 is 14.0 Å². The fraction of sp³-hybridized carbons (Fsp3) is 0.261. The first kappa shape index (κ1) is 20.2. The number of hydrogen-bond donors (Lipinski definition) is 0. The first-order valence-electron chi connectivity index (χ1n) is 9.86. The maximum Gasteiger partial charge on any atom is 0.326 e. The van der Waals surface area contributed by atoms with E-state index < -0.39 is 0 Å². The molecule has 4 rings (SSSR count).